The fraction of sp³-hybridized carbons (Fsp3) is 0.333. The Morgan fingerprint density at radius 2 is 1.87 bits per heavy atom. The molecule has 4 nitrogen and oxygen atoms in total. The summed E-state index contributed by atoms with van der Waals surface area (Å²) >= 11 is 0. The van der Waals surface area contributed by atoms with Crippen molar-refractivity contribution in [3.05, 3.63) is 65.7 Å². The Balaban J connectivity index is 1.50. The van der Waals surface area contributed by atoms with Gasteiger partial charge in [0, 0.05) is 45.1 Å². The molecule has 0 bridgehead atoms. The van der Waals surface area contributed by atoms with E-state index >= 15 is 0 Å². The molecule has 120 valence electrons. The van der Waals surface area contributed by atoms with Crippen LogP contribution in [0.1, 0.15) is 11.1 Å². The largest absolute Gasteiger partial charge is 0.340 e. The number of carbonyl (C=O) groups excluding carboxylic acids is 1. The van der Waals surface area contributed by atoms with Crippen molar-refractivity contribution in [1.82, 2.24) is 14.8 Å². The molecule has 0 unspecified atom stereocenters. The lowest BCUT2D eigenvalue weighted by Gasteiger charge is -2.34. The standard InChI is InChI=1S/C18H20FN3O/c19-17-6-2-1-5-16(17)12-18(23)22-10-8-21(9-11-22)14-15-4-3-7-20-13-15/h1-7,13H,8-12,14H2. The van der Waals surface area contributed by atoms with Crippen molar-refractivity contribution in [2.75, 3.05) is 26.2 Å². The molecule has 1 fully saturated rings. The van der Waals surface area contributed by atoms with Gasteiger partial charge in [-0.2, -0.15) is 0 Å². The molecule has 5 heteroatoms. The maximum absolute atomic E-state index is 13.6. The van der Waals surface area contributed by atoms with E-state index in [1.54, 1.807) is 24.4 Å². The van der Waals surface area contributed by atoms with E-state index in [9.17, 15) is 9.18 Å². The molecule has 0 radical (unpaired) electrons. The number of carbonyl (C=O) groups is 1. The van der Waals surface area contributed by atoms with Gasteiger partial charge in [0.15, 0.2) is 0 Å². The molecular weight excluding hydrogens is 293 g/mol. The smallest absolute Gasteiger partial charge is 0.227 e. The second-order valence-electron chi connectivity index (χ2n) is 5.79. The molecule has 1 amide bonds. The average Bonchev–Trinajstić information content (AvgIpc) is 2.58. The quantitative estimate of drug-likeness (QED) is 0.867. The van der Waals surface area contributed by atoms with Gasteiger partial charge in [-0.3, -0.25) is 14.7 Å². The highest BCUT2D eigenvalue weighted by Crippen LogP contribution is 2.12. The molecule has 23 heavy (non-hydrogen) atoms. The number of rotatable bonds is 4. The Morgan fingerprint density at radius 3 is 2.57 bits per heavy atom. The molecule has 1 saturated heterocycles. The third-order valence-electron chi connectivity index (χ3n) is 4.15. The Bertz CT molecular complexity index is 654. The van der Waals surface area contributed by atoms with Crippen molar-refractivity contribution in [2.24, 2.45) is 0 Å². The summed E-state index contributed by atoms with van der Waals surface area (Å²) in [6, 6.07) is 10.5. The molecule has 0 saturated carbocycles. The number of benzene rings is 1. The zero-order valence-corrected chi connectivity index (χ0v) is 13.0. The summed E-state index contributed by atoms with van der Waals surface area (Å²) in [6.45, 7) is 3.89. The SMILES string of the molecule is O=C(Cc1ccccc1F)N1CCN(Cc2cccnc2)CC1. The maximum atomic E-state index is 13.6. The first-order valence-electron chi connectivity index (χ1n) is 7.85. The van der Waals surface area contributed by atoms with Crippen LogP contribution in [0.2, 0.25) is 0 Å². The minimum absolute atomic E-state index is 0.00359. The fourth-order valence-corrected chi connectivity index (χ4v) is 2.82. The van der Waals surface area contributed by atoms with Crippen LogP contribution in [0.4, 0.5) is 4.39 Å². The van der Waals surface area contributed by atoms with Crippen LogP contribution in [0.15, 0.2) is 48.8 Å². The lowest BCUT2D eigenvalue weighted by molar-refractivity contribution is -0.132. The van der Waals surface area contributed by atoms with Crippen molar-refractivity contribution < 1.29 is 9.18 Å². The van der Waals surface area contributed by atoms with Crippen LogP contribution in [0.5, 0.6) is 0 Å². The maximum Gasteiger partial charge on any atom is 0.227 e. The van der Waals surface area contributed by atoms with Crippen molar-refractivity contribution in [1.29, 1.82) is 0 Å². The summed E-state index contributed by atoms with van der Waals surface area (Å²) in [5.41, 5.74) is 1.65. The highest BCUT2D eigenvalue weighted by Gasteiger charge is 2.21. The first kappa shape index (κ1) is 15.6. The number of hydrogen-bond acceptors (Lipinski definition) is 3. The molecule has 1 aliphatic heterocycles. The molecule has 0 aliphatic carbocycles. The average molecular weight is 313 g/mol. The zero-order valence-electron chi connectivity index (χ0n) is 13.0. The monoisotopic (exact) mass is 313 g/mol. The number of amides is 1. The lowest BCUT2D eigenvalue weighted by atomic mass is 10.1. The van der Waals surface area contributed by atoms with Gasteiger partial charge in [-0.1, -0.05) is 24.3 Å². The van der Waals surface area contributed by atoms with E-state index in [0.717, 1.165) is 19.6 Å². The third-order valence-corrected chi connectivity index (χ3v) is 4.15. The molecular formula is C18H20FN3O. The number of halogens is 1. The van der Waals surface area contributed by atoms with E-state index in [4.69, 9.17) is 0 Å². The molecule has 1 aliphatic rings. The lowest BCUT2D eigenvalue weighted by Crippen LogP contribution is -2.48. The highest BCUT2D eigenvalue weighted by atomic mass is 19.1. The Kier molecular flexibility index (Phi) is 4.98. The number of nitrogens with zero attached hydrogens (tertiary/aromatic N) is 3. The van der Waals surface area contributed by atoms with Gasteiger partial charge >= 0.3 is 0 Å². The van der Waals surface area contributed by atoms with Crippen LogP contribution in [0.25, 0.3) is 0 Å². The Morgan fingerprint density at radius 1 is 1.09 bits per heavy atom. The van der Waals surface area contributed by atoms with E-state index in [1.807, 2.05) is 17.2 Å². The molecule has 2 heterocycles. The van der Waals surface area contributed by atoms with Gasteiger partial charge in [0.1, 0.15) is 5.82 Å². The fourth-order valence-electron chi connectivity index (χ4n) is 2.82. The van der Waals surface area contributed by atoms with Crippen LogP contribution < -0.4 is 0 Å². The van der Waals surface area contributed by atoms with Crippen LogP contribution in [-0.4, -0.2) is 46.9 Å². The molecule has 1 aromatic heterocycles. The normalized spacial score (nSPS) is 15.6. The number of hydrogen-bond donors (Lipinski definition) is 0. The minimum atomic E-state index is -0.309. The summed E-state index contributed by atoms with van der Waals surface area (Å²) in [4.78, 5) is 20.6. The van der Waals surface area contributed by atoms with Crippen LogP contribution in [0.3, 0.4) is 0 Å². The van der Waals surface area contributed by atoms with Crippen LogP contribution in [-0.2, 0) is 17.8 Å². The van der Waals surface area contributed by atoms with Gasteiger partial charge < -0.3 is 4.90 Å². The van der Waals surface area contributed by atoms with E-state index < -0.39 is 0 Å². The van der Waals surface area contributed by atoms with Gasteiger partial charge in [-0.15, -0.1) is 0 Å². The molecule has 0 atom stereocenters. The second kappa shape index (κ2) is 7.33. The van der Waals surface area contributed by atoms with Crippen molar-refractivity contribution in [3.8, 4) is 0 Å². The predicted molar refractivity (Wildman–Crippen MR) is 86.2 cm³/mol. The second-order valence-corrected chi connectivity index (χ2v) is 5.79. The molecule has 3 rings (SSSR count). The van der Waals surface area contributed by atoms with Gasteiger partial charge in [0.2, 0.25) is 5.91 Å². The number of aromatic nitrogens is 1. The Hall–Kier alpha value is -2.27. The van der Waals surface area contributed by atoms with E-state index in [0.29, 0.717) is 18.7 Å². The summed E-state index contributed by atoms with van der Waals surface area (Å²) in [6.07, 6.45) is 3.77. The minimum Gasteiger partial charge on any atom is -0.340 e. The zero-order chi connectivity index (χ0) is 16.1. The summed E-state index contributed by atoms with van der Waals surface area (Å²) < 4.78 is 13.6. The molecule has 0 N–H and O–H groups in total. The third kappa shape index (κ3) is 4.13. The topological polar surface area (TPSA) is 36.4 Å². The van der Waals surface area contributed by atoms with Crippen LogP contribution >= 0.6 is 0 Å². The van der Waals surface area contributed by atoms with Gasteiger partial charge in [-0.25, -0.2) is 4.39 Å². The first-order valence-corrected chi connectivity index (χ1v) is 7.85. The van der Waals surface area contributed by atoms with Gasteiger partial charge in [0.05, 0.1) is 6.42 Å². The Labute approximate surface area is 135 Å². The van der Waals surface area contributed by atoms with Gasteiger partial charge in [0.25, 0.3) is 0 Å². The van der Waals surface area contributed by atoms with Crippen molar-refractivity contribution in [3.63, 3.8) is 0 Å². The van der Waals surface area contributed by atoms with Gasteiger partial charge in [-0.05, 0) is 23.3 Å². The van der Waals surface area contributed by atoms with E-state index in [2.05, 4.69) is 16.0 Å². The van der Waals surface area contributed by atoms with Crippen molar-refractivity contribution >= 4 is 5.91 Å². The van der Waals surface area contributed by atoms with Crippen molar-refractivity contribution in [2.45, 2.75) is 13.0 Å². The summed E-state index contributed by atoms with van der Waals surface area (Å²) in [7, 11) is 0. The molecule has 2 aromatic rings. The predicted octanol–water partition coefficient (Wildman–Crippen LogP) is 2.11. The molecule has 1 aromatic carbocycles. The van der Waals surface area contributed by atoms with E-state index in [-0.39, 0.29) is 18.1 Å². The number of pyridine rings is 1. The number of piperazine rings is 1. The van der Waals surface area contributed by atoms with E-state index in [1.165, 1.54) is 11.6 Å². The first-order chi connectivity index (χ1) is 11.2. The molecule has 0 spiro atoms. The summed E-state index contributed by atoms with van der Waals surface area (Å²) in [5.74, 6) is -0.313. The summed E-state index contributed by atoms with van der Waals surface area (Å²) in [5, 5.41) is 0. The highest BCUT2D eigenvalue weighted by molar-refractivity contribution is 5.79. The van der Waals surface area contributed by atoms with Crippen LogP contribution in [0, 0.1) is 5.82 Å².